The maximum Gasteiger partial charge on any atom is 0.164 e. The Labute approximate surface area is 290 Å². The maximum atomic E-state index is 9.52. The van der Waals surface area contributed by atoms with Crippen LogP contribution in [0.3, 0.4) is 0 Å². The van der Waals surface area contributed by atoms with Gasteiger partial charge in [-0.05, 0) is 73.7 Å². The van der Waals surface area contributed by atoms with E-state index in [-0.39, 0.29) is 75.1 Å². The third-order valence-corrected chi connectivity index (χ3v) is 8.97. The first kappa shape index (κ1) is 22.0. The van der Waals surface area contributed by atoms with Gasteiger partial charge in [-0.15, -0.1) is 0 Å². The van der Waals surface area contributed by atoms with Crippen LogP contribution in [0.4, 0.5) is 0 Å². The van der Waals surface area contributed by atoms with Crippen LogP contribution in [0, 0.1) is 0 Å². The lowest BCUT2D eigenvalue weighted by Gasteiger charge is -2.12. The van der Waals surface area contributed by atoms with Crippen molar-refractivity contribution in [3.05, 3.63) is 164 Å². The Morgan fingerprint density at radius 3 is 1.47 bits per heavy atom. The second-order valence-corrected chi connectivity index (χ2v) is 11.9. The van der Waals surface area contributed by atoms with Gasteiger partial charge in [0, 0.05) is 27.5 Å². The fourth-order valence-corrected chi connectivity index (χ4v) is 6.63. The summed E-state index contributed by atoms with van der Waals surface area (Å²) < 4.78 is 61.8. The van der Waals surface area contributed by atoms with Gasteiger partial charge in [0.1, 0.15) is 11.2 Å². The zero-order chi connectivity index (χ0) is 37.5. The summed E-state index contributed by atoms with van der Waals surface area (Å²) >= 11 is 0. The van der Waals surface area contributed by atoms with Gasteiger partial charge in [0.25, 0.3) is 0 Å². The summed E-state index contributed by atoms with van der Waals surface area (Å²) in [5.41, 5.74) is 1.99. The molecular weight excluding hydrogens is 599 g/mol. The fraction of sp³-hybridized carbons (Fsp3) is 0. The standard InChI is InChI=1S/C45H27N3O/c1-3-11-28(12-4-1)43-46-44(29-13-5-2-6-14-29)48-45(47-43)32-20-23-38-40-26-31(21-24-41(40)49-42(38)27-32)30-19-22-37-35-17-8-7-15-33(35)34-16-9-10-18-36(34)39(37)25-30/h1-27H/i20D,21D,23D,24D,26D,27D. The second-order valence-electron chi connectivity index (χ2n) is 11.9. The van der Waals surface area contributed by atoms with Crippen molar-refractivity contribution in [1.82, 2.24) is 15.0 Å². The summed E-state index contributed by atoms with van der Waals surface area (Å²) in [4.78, 5) is 14.1. The Bertz CT molecular complexity index is 3130. The normalized spacial score (nSPS) is 13.4. The third kappa shape index (κ3) is 4.57. The van der Waals surface area contributed by atoms with Gasteiger partial charge in [0.05, 0.1) is 8.22 Å². The number of benzene rings is 8. The van der Waals surface area contributed by atoms with Crippen molar-refractivity contribution < 1.29 is 12.6 Å². The predicted octanol–water partition coefficient (Wildman–Crippen LogP) is 11.9. The number of fused-ring (bicyclic) bond motifs is 9. The van der Waals surface area contributed by atoms with Crippen LogP contribution < -0.4 is 0 Å². The summed E-state index contributed by atoms with van der Waals surface area (Å²) in [6.45, 7) is 0. The van der Waals surface area contributed by atoms with E-state index in [1.807, 2.05) is 103 Å². The van der Waals surface area contributed by atoms with E-state index in [9.17, 15) is 5.48 Å². The van der Waals surface area contributed by atoms with Gasteiger partial charge in [-0.25, -0.2) is 15.0 Å². The molecule has 0 bridgehead atoms. The van der Waals surface area contributed by atoms with E-state index >= 15 is 0 Å². The fourth-order valence-electron chi connectivity index (χ4n) is 6.63. The molecule has 2 heterocycles. The lowest BCUT2D eigenvalue weighted by atomic mass is 9.92. The van der Waals surface area contributed by atoms with Gasteiger partial charge in [-0.3, -0.25) is 0 Å². The summed E-state index contributed by atoms with van der Waals surface area (Å²) in [5.74, 6) is 0.690. The van der Waals surface area contributed by atoms with Crippen molar-refractivity contribution in [2.45, 2.75) is 0 Å². The first-order chi connectivity index (χ1) is 26.8. The van der Waals surface area contributed by atoms with Gasteiger partial charge < -0.3 is 4.42 Å². The highest BCUT2D eigenvalue weighted by atomic mass is 16.3. The van der Waals surface area contributed by atoms with Crippen LogP contribution in [-0.4, -0.2) is 15.0 Å². The minimum absolute atomic E-state index is 0.0218. The molecule has 0 aliphatic heterocycles. The molecule has 0 radical (unpaired) electrons. The van der Waals surface area contributed by atoms with E-state index in [1.165, 1.54) is 0 Å². The minimum atomic E-state index is -0.323. The number of furan rings is 1. The molecule has 228 valence electrons. The van der Waals surface area contributed by atoms with Crippen molar-refractivity contribution in [3.63, 3.8) is 0 Å². The number of hydrogen-bond donors (Lipinski definition) is 0. The van der Waals surface area contributed by atoms with Gasteiger partial charge in [-0.1, -0.05) is 133 Å². The predicted molar refractivity (Wildman–Crippen MR) is 201 cm³/mol. The third-order valence-electron chi connectivity index (χ3n) is 8.97. The summed E-state index contributed by atoms with van der Waals surface area (Å²) in [6.07, 6.45) is 0. The van der Waals surface area contributed by atoms with Crippen LogP contribution in [-0.2, 0) is 0 Å². The van der Waals surface area contributed by atoms with Crippen LogP contribution >= 0.6 is 0 Å². The lowest BCUT2D eigenvalue weighted by Crippen LogP contribution is -2.00. The molecule has 0 aliphatic rings. The Morgan fingerprint density at radius 2 is 0.857 bits per heavy atom. The molecule has 49 heavy (non-hydrogen) atoms. The molecule has 0 unspecified atom stereocenters. The molecule has 10 rings (SSSR count). The topological polar surface area (TPSA) is 51.8 Å². The second kappa shape index (κ2) is 11.0. The molecule has 0 aliphatic carbocycles. The van der Waals surface area contributed by atoms with E-state index in [0.717, 1.165) is 32.3 Å². The zero-order valence-electron chi connectivity index (χ0n) is 31.9. The van der Waals surface area contributed by atoms with Gasteiger partial charge >= 0.3 is 0 Å². The molecular formula is C45H27N3O. The largest absolute Gasteiger partial charge is 0.456 e. The highest BCUT2D eigenvalue weighted by Gasteiger charge is 2.16. The number of aromatic nitrogens is 3. The number of hydrogen-bond acceptors (Lipinski definition) is 4. The van der Waals surface area contributed by atoms with Crippen LogP contribution in [0.2, 0.25) is 0 Å². The van der Waals surface area contributed by atoms with E-state index in [0.29, 0.717) is 28.3 Å². The Hall–Kier alpha value is -6.65. The average molecular weight is 632 g/mol. The highest BCUT2D eigenvalue weighted by Crippen LogP contribution is 2.39. The number of rotatable bonds is 4. The average Bonchev–Trinajstić information content (AvgIpc) is 3.65. The van der Waals surface area contributed by atoms with Crippen LogP contribution in [0.25, 0.3) is 99.5 Å². The number of nitrogens with zero attached hydrogens (tertiary/aromatic N) is 3. The minimum Gasteiger partial charge on any atom is -0.456 e. The lowest BCUT2D eigenvalue weighted by molar-refractivity contribution is 0.669. The van der Waals surface area contributed by atoms with Crippen molar-refractivity contribution in [1.29, 1.82) is 0 Å². The van der Waals surface area contributed by atoms with Gasteiger partial charge in [0.15, 0.2) is 17.5 Å². The van der Waals surface area contributed by atoms with E-state index in [2.05, 4.69) is 24.3 Å². The SMILES string of the molecule is [2H]c1c(-c2ccc3c4ccccc4c4ccccc4c3c2)c([2H])c2c(oc3c([2H])c(-c4nc(-c5ccccc5)nc(-c5ccccc5)n4)c([2H])c([2H])c32)c1[2H]. The molecule has 10 aromatic rings. The summed E-state index contributed by atoms with van der Waals surface area (Å²) in [7, 11) is 0. The Kier molecular flexibility index (Phi) is 4.93. The Balaban J connectivity index is 1.22. The van der Waals surface area contributed by atoms with Crippen LogP contribution in [0.5, 0.6) is 0 Å². The highest BCUT2D eigenvalue weighted by molar-refractivity contribution is 6.25. The van der Waals surface area contributed by atoms with Crippen LogP contribution in [0.15, 0.2) is 168 Å². The van der Waals surface area contributed by atoms with Crippen molar-refractivity contribution >= 4 is 54.3 Å². The smallest absolute Gasteiger partial charge is 0.164 e. The molecule has 0 fully saturated rings. The molecule has 4 heteroatoms. The Morgan fingerprint density at radius 1 is 0.347 bits per heavy atom. The summed E-state index contributed by atoms with van der Waals surface area (Å²) in [6, 6.07) is 39.4. The summed E-state index contributed by atoms with van der Waals surface area (Å²) in [5, 5.41) is 6.48. The first-order valence-electron chi connectivity index (χ1n) is 19.0. The van der Waals surface area contributed by atoms with Crippen molar-refractivity contribution in [3.8, 4) is 45.3 Å². The molecule has 2 aromatic heterocycles. The molecule has 0 spiro atoms. The molecule has 4 nitrogen and oxygen atoms in total. The maximum absolute atomic E-state index is 9.52. The molecule has 0 N–H and O–H groups in total. The molecule has 8 aromatic carbocycles. The first-order valence-corrected chi connectivity index (χ1v) is 16.0. The van der Waals surface area contributed by atoms with Gasteiger partial charge in [0.2, 0.25) is 0 Å². The van der Waals surface area contributed by atoms with E-state index in [1.54, 1.807) is 0 Å². The van der Waals surface area contributed by atoms with Crippen LogP contribution in [0.1, 0.15) is 8.22 Å². The van der Waals surface area contributed by atoms with Crippen molar-refractivity contribution in [2.75, 3.05) is 0 Å². The molecule has 0 atom stereocenters. The molecule has 0 saturated carbocycles. The molecule has 0 amide bonds. The molecule has 0 saturated heterocycles. The monoisotopic (exact) mass is 631 g/mol. The quantitative estimate of drug-likeness (QED) is 0.181. The zero-order valence-corrected chi connectivity index (χ0v) is 25.9. The van der Waals surface area contributed by atoms with E-state index in [4.69, 9.17) is 22.1 Å². The van der Waals surface area contributed by atoms with Crippen molar-refractivity contribution in [2.24, 2.45) is 0 Å². The van der Waals surface area contributed by atoms with Gasteiger partial charge in [-0.2, -0.15) is 0 Å². The van der Waals surface area contributed by atoms with E-state index < -0.39 is 0 Å².